The SMILES string of the molecule is CCCCOC(=O)CCC(C)=NNC(C)(C)CC. The van der Waals surface area contributed by atoms with E-state index in [-0.39, 0.29) is 11.5 Å². The van der Waals surface area contributed by atoms with Gasteiger partial charge in [-0.1, -0.05) is 20.3 Å². The lowest BCUT2D eigenvalue weighted by Crippen LogP contribution is -2.35. The molecule has 0 spiro atoms. The molecule has 0 aromatic heterocycles. The van der Waals surface area contributed by atoms with Gasteiger partial charge in [0.2, 0.25) is 0 Å². The van der Waals surface area contributed by atoms with E-state index >= 15 is 0 Å². The van der Waals surface area contributed by atoms with Gasteiger partial charge in [0.15, 0.2) is 0 Å². The van der Waals surface area contributed by atoms with E-state index in [0.717, 1.165) is 25.0 Å². The third-order valence-electron chi connectivity index (χ3n) is 2.89. The highest BCUT2D eigenvalue weighted by atomic mass is 16.5. The lowest BCUT2D eigenvalue weighted by atomic mass is 10.0. The minimum atomic E-state index is -0.132. The summed E-state index contributed by atoms with van der Waals surface area (Å²) >= 11 is 0. The molecule has 0 unspecified atom stereocenters. The van der Waals surface area contributed by atoms with Gasteiger partial charge in [-0.25, -0.2) is 0 Å². The smallest absolute Gasteiger partial charge is 0.306 e. The number of esters is 1. The van der Waals surface area contributed by atoms with Crippen LogP contribution in [0.5, 0.6) is 0 Å². The molecule has 106 valence electrons. The Morgan fingerprint density at radius 1 is 1.28 bits per heavy atom. The number of hydrogen-bond donors (Lipinski definition) is 1. The van der Waals surface area contributed by atoms with E-state index in [1.54, 1.807) is 0 Å². The fourth-order valence-electron chi connectivity index (χ4n) is 1.07. The molecule has 4 nitrogen and oxygen atoms in total. The van der Waals surface area contributed by atoms with Crippen molar-refractivity contribution in [2.75, 3.05) is 6.61 Å². The van der Waals surface area contributed by atoms with E-state index in [9.17, 15) is 4.79 Å². The molecule has 0 radical (unpaired) electrons. The van der Waals surface area contributed by atoms with Crippen LogP contribution in [0.15, 0.2) is 5.10 Å². The molecule has 0 saturated heterocycles. The van der Waals surface area contributed by atoms with E-state index in [1.165, 1.54) is 0 Å². The number of unbranched alkanes of at least 4 members (excludes halogenated alkanes) is 1. The predicted molar refractivity (Wildman–Crippen MR) is 75.7 cm³/mol. The summed E-state index contributed by atoms with van der Waals surface area (Å²) in [5, 5.41) is 4.29. The van der Waals surface area contributed by atoms with Crippen LogP contribution in [0, 0.1) is 0 Å². The largest absolute Gasteiger partial charge is 0.466 e. The average molecular weight is 256 g/mol. The van der Waals surface area contributed by atoms with Gasteiger partial charge >= 0.3 is 5.97 Å². The normalized spacial score (nSPS) is 12.4. The first kappa shape index (κ1) is 16.9. The Balaban J connectivity index is 3.84. The fraction of sp³-hybridized carbons (Fsp3) is 0.857. The van der Waals surface area contributed by atoms with Gasteiger partial charge in [-0.3, -0.25) is 4.79 Å². The number of nitrogens with zero attached hydrogens (tertiary/aromatic N) is 1. The van der Waals surface area contributed by atoms with Gasteiger partial charge in [0.25, 0.3) is 0 Å². The van der Waals surface area contributed by atoms with Gasteiger partial charge in [-0.2, -0.15) is 5.10 Å². The number of rotatable bonds is 9. The van der Waals surface area contributed by atoms with Crippen LogP contribution in [-0.4, -0.2) is 23.8 Å². The van der Waals surface area contributed by atoms with Crippen molar-refractivity contribution in [3.8, 4) is 0 Å². The number of carbonyl (C=O) groups excluding carboxylic acids is 1. The zero-order valence-corrected chi connectivity index (χ0v) is 12.5. The molecule has 0 aromatic rings. The topological polar surface area (TPSA) is 50.7 Å². The van der Waals surface area contributed by atoms with Crippen molar-refractivity contribution < 1.29 is 9.53 Å². The van der Waals surface area contributed by atoms with Gasteiger partial charge in [-0.05, 0) is 40.0 Å². The summed E-state index contributed by atoms with van der Waals surface area (Å²) in [6.07, 6.45) is 4.04. The predicted octanol–water partition coefficient (Wildman–Crippen LogP) is 3.26. The van der Waals surface area contributed by atoms with Crippen molar-refractivity contribution in [2.45, 2.75) is 72.3 Å². The molecule has 0 fully saturated rings. The van der Waals surface area contributed by atoms with Crippen LogP contribution in [0.2, 0.25) is 0 Å². The minimum absolute atomic E-state index is 0.00287. The second-order valence-corrected chi connectivity index (χ2v) is 5.27. The van der Waals surface area contributed by atoms with Crippen LogP contribution >= 0.6 is 0 Å². The summed E-state index contributed by atoms with van der Waals surface area (Å²) < 4.78 is 5.09. The highest BCUT2D eigenvalue weighted by molar-refractivity contribution is 5.85. The molecule has 18 heavy (non-hydrogen) atoms. The lowest BCUT2D eigenvalue weighted by molar-refractivity contribution is -0.143. The van der Waals surface area contributed by atoms with E-state index in [0.29, 0.717) is 19.4 Å². The monoisotopic (exact) mass is 256 g/mol. The summed E-state index contributed by atoms with van der Waals surface area (Å²) in [6.45, 7) is 10.9. The molecule has 0 heterocycles. The van der Waals surface area contributed by atoms with Crippen molar-refractivity contribution >= 4 is 11.7 Å². The standard InChI is InChI=1S/C14H28N2O2/c1-6-8-11-18-13(17)10-9-12(3)15-16-14(4,5)7-2/h16H,6-11H2,1-5H3. The third-order valence-corrected chi connectivity index (χ3v) is 2.89. The van der Waals surface area contributed by atoms with Crippen molar-refractivity contribution in [2.24, 2.45) is 5.10 Å². The van der Waals surface area contributed by atoms with E-state index in [4.69, 9.17) is 4.74 Å². The number of ether oxygens (including phenoxy) is 1. The van der Waals surface area contributed by atoms with Gasteiger partial charge in [0.05, 0.1) is 13.0 Å². The molecule has 0 aliphatic carbocycles. The maximum Gasteiger partial charge on any atom is 0.306 e. The van der Waals surface area contributed by atoms with Crippen molar-refractivity contribution in [3.63, 3.8) is 0 Å². The summed E-state index contributed by atoms with van der Waals surface area (Å²) in [5.41, 5.74) is 4.06. The molecule has 0 rings (SSSR count). The maximum absolute atomic E-state index is 11.4. The molecule has 0 aliphatic rings. The van der Waals surface area contributed by atoms with Crippen LogP contribution in [0.25, 0.3) is 0 Å². The second-order valence-electron chi connectivity index (χ2n) is 5.27. The second kappa shape index (κ2) is 8.95. The molecule has 0 amide bonds. The number of hydrazone groups is 1. The van der Waals surface area contributed by atoms with Crippen LogP contribution in [0.3, 0.4) is 0 Å². The summed E-state index contributed by atoms with van der Waals surface area (Å²) in [4.78, 5) is 11.4. The third kappa shape index (κ3) is 9.02. The fourth-order valence-corrected chi connectivity index (χ4v) is 1.07. The van der Waals surface area contributed by atoms with Gasteiger partial charge in [0, 0.05) is 11.3 Å². The number of carbonyl (C=O) groups is 1. The van der Waals surface area contributed by atoms with Crippen molar-refractivity contribution in [1.82, 2.24) is 5.43 Å². The first-order chi connectivity index (χ1) is 8.41. The van der Waals surface area contributed by atoms with Gasteiger partial charge in [-0.15, -0.1) is 0 Å². The molecule has 0 aliphatic heterocycles. The Labute approximate surface area is 111 Å². The van der Waals surface area contributed by atoms with Crippen LogP contribution in [-0.2, 0) is 9.53 Å². The summed E-state index contributed by atoms with van der Waals surface area (Å²) in [6, 6.07) is 0. The van der Waals surface area contributed by atoms with Crippen molar-refractivity contribution in [1.29, 1.82) is 0 Å². The van der Waals surface area contributed by atoms with E-state index in [1.807, 2.05) is 6.92 Å². The first-order valence-electron chi connectivity index (χ1n) is 6.87. The Morgan fingerprint density at radius 3 is 2.50 bits per heavy atom. The first-order valence-corrected chi connectivity index (χ1v) is 6.87. The molecule has 0 saturated carbocycles. The molecule has 0 aromatic carbocycles. The average Bonchev–Trinajstić information content (AvgIpc) is 2.34. The Hall–Kier alpha value is -1.06. The lowest BCUT2D eigenvalue weighted by Gasteiger charge is -2.22. The molecular formula is C14H28N2O2. The molecule has 1 N–H and O–H groups in total. The maximum atomic E-state index is 11.4. The molecule has 0 atom stereocenters. The molecule has 4 heteroatoms. The van der Waals surface area contributed by atoms with Crippen LogP contribution < -0.4 is 5.43 Å². The van der Waals surface area contributed by atoms with Crippen LogP contribution in [0.1, 0.15) is 66.7 Å². The van der Waals surface area contributed by atoms with E-state index < -0.39 is 0 Å². The van der Waals surface area contributed by atoms with E-state index in [2.05, 4.69) is 38.2 Å². The molecule has 0 bridgehead atoms. The molecular weight excluding hydrogens is 228 g/mol. The Morgan fingerprint density at radius 2 is 1.94 bits per heavy atom. The van der Waals surface area contributed by atoms with Crippen molar-refractivity contribution in [3.05, 3.63) is 0 Å². The zero-order valence-electron chi connectivity index (χ0n) is 12.5. The van der Waals surface area contributed by atoms with Crippen LogP contribution in [0.4, 0.5) is 0 Å². The highest BCUT2D eigenvalue weighted by Gasteiger charge is 2.12. The summed E-state index contributed by atoms with van der Waals surface area (Å²) in [7, 11) is 0. The highest BCUT2D eigenvalue weighted by Crippen LogP contribution is 2.07. The Bertz CT molecular complexity index is 273. The number of hydrogen-bond acceptors (Lipinski definition) is 4. The van der Waals surface area contributed by atoms with Gasteiger partial charge < -0.3 is 10.2 Å². The summed E-state index contributed by atoms with van der Waals surface area (Å²) in [5.74, 6) is -0.132. The quantitative estimate of drug-likeness (QED) is 0.298. The Kier molecular flexibility index (Phi) is 8.42. The minimum Gasteiger partial charge on any atom is -0.466 e. The van der Waals surface area contributed by atoms with Gasteiger partial charge in [0.1, 0.15) is 0 Å². The zero-order chi connectivity index (χ0) is 14.0. The number of nitrogens with one attached hydrogen (secondary N) is 1.